The number of benzene rings is 3. The highest BCUT2D eigenvalue weighted by atomic mass is 15.1. The van der Waals surface area contributed by atoms with Gasteiger partial charge in [-0.15, -0.1) is 6.58 Å². The molecule has 0 aromatic heterocycles. The topological polar surface area (TPSA) is 6.48 Å². The van der Waals surface area contributed by atoms with E-state index >= 15 is 0 Å². The van der Waals surface area contributed by atoms with Gasteiger partial charge in [-0.2, -0.15) is 0 Å². The maximum Gasteiger partial charge on any atom is 0.0459 e. The zero-order valence-electron chi connectivity index (χ0n) is 24.3. The Labute approximate surface area is 237 Å². The van der Waals surface area contributed by atoms with Gasteiger partial charge in [0.1, 0.15) is 0 Å². The fourth-order valence-electron chi connectivity index (χ4n) is 3.76. The summed E-state index contributed by atoms with van der Waals surface area (Å²) in [7, 11) is 2.08. The number of para-hydroxylation sites is 1. The standard InChI is InChI=1S/C32H32N2.C3H6.C2H6/c1-6-9-11-16-26(4)34(30-18-12-10-13-19-30)31-23-21-29(22-24-31)33(5)32-20-14-17-28(25-32)27(8-3)15-7-2;1-3-2;1-2/h6-25H,1-3H2,4-5H3;3H,1H2,2H3;1-2H3/b11-9-,26-16+,27-15+;;. The Morgan fingerprint density at radius 2 is 1.23 bits per heavy atom. The van der Waals surface area contributed by atoms with Crippen LogP contribution in [0.2, 0.25) is 0 Å². The van der Waals surface area contributed by atoms with Crippen molar-refractivity contribution in [1.82, 2.24) is 0 Å². The molecule has 0 fully saturated rings. The summed E-state index contributed by atoms with van der Waals surface area (Å²) in [5.74, 6) is 0. The fraction of sp³-hybridized carbons (Fsp3) is 0.135. The van der Waals surface area contributed by atoms with E-state index in [0.29, 0.717) is 0 Å². The van der Waals surface area contributed by atoms with E-state index in [1.165, 1.54) is 0 Å². The number of nitrogens with zero attached hydrogens (tertiary/aromatic N) is 2. The molecular formula is C37H44N2. The molecule has 0 radical (unpaired) electrons. The van der Waals surface area contributed by atoms with Crippen LogP contribution in [-0.4, -0.2) is 7.05 Å². The molecule has 0 spiro atoms. The van der Waals surface area contributed by atoms with Crippen molar-refractivity contribution in [3.05, 3.63) is 165 Å². The van der Waals surface area contributed by atoms with Crippen LogP contribution in [0, 0.1) is 0 Å². The number of anilines is 4. The first kappa shape index (κ1) is 32.5. The largest absolute Gasteiger partial charge is 0.345 e. The van der Waals surface area contributed by atoms with Crippen molar-refractivity contribution in [2.24, 2.45) is 0 Å². The van der Waals surface area contributed by atoms with Gasteiger partial charge in [0, 0.05) is 35.5 Å². The Bertz CT molecular complexity index is 1260. The van der Waals surface area contributed by atoms with Gasteiger partial charge >= 0.3 is 0 Å². The molecule has 0 amide bonds. The molecule has 0 saturated carbocycles. The third kappa shape index (κ3) is 10.0. The maximum atomic E-state index is 3.93. The molecule has 0 aliphatic heterocycles. The number of rotatable bonds is 10. The summed E-state index contributed by atoms with van der Waals surface area (Å²) in [5, 5.41) is 0. The summed E-state index contributed by atoms with van der Waals surface area (Å²) in [6.45, 7) is 22.8. The van der Waals surface area contributed by atoms with E-state index in [-0.39, 0.29) is 0 Å². The Balaban J connectivity index is 0.00000142. The van der Waals surface area contributed by atoms with Crippen LogP contribution in [0.15, 0.2) is 159 Å². The molecule has 3 rings (SSSR count). The van der Waals surface area contributed by atoms with Crippen molar-refractivity contribution in [1.29, 1.82) is 0 Å². The van der Waals surface area contributed by atoms with Crippen LogP contribution in [-0.2, 0) is 0 Å². The van der Waals surface area contributed by atoms with Gasteiger partial charge in [-0.1, -0.05) is 106 Å². The number of allylic oxidation sites excluding steroid dienone is 10. The van der Waals surface area contributed by atoms with Crippen molar-refractivity contribution in [2.75, 3.05) is 16.8 Å². The monoisotopic (exact) mass is 516 g/mol. The molecule has 0 atom stereocenters. The average Bonchev–Trinajstić information content (AvgIpc) is 2.98. The minimum Gasteiger partial charge on any atom is -0.345 e. The zero-order chi connectivity index (χ0) is 29.0. The molecule has 0 bridgehead atoms. The second-order valence-corrected chi connectivity index (χ2v) is 8.20. The first-order valence-electron chi connectivity index (χ1n) is 13.3. The SMILES string of the molecule is C=C/C=C\C=C(/C)N(c1ccccc1)c1ccc(N(C)c2cccc(/C(C=C)=C/C=C)c2)cc1.C=CC.CC. The van der Waals surface area contributed by atoms with E-state index in [4.69, 9.17) is 0 Å². The predicted octanol–water partition coefficient (Wildman–Crippen LogP) is 11.2. The highest BCUT2D eigenvalue weighted by Crippen LogP contribution is 2.33. The first-order chi connectivity index (χ1) is 19.0. The molecule has 0 aliphatic carbocycles. The Morgan fingerprint density at radius 3 is 1.79 bits per heavy atom. The van der Waals surface area contributed by atoms with E-state index in [1.54, 1.807) is 18.2 Å². The normalized spacial score (nSPS) is 10.8. The van der Waals surface area contributed by atoms with Gasteiger partial charge in [-0.05, 0) is 79.6 Å². The lowest BCUT2D eigenvalue weighted by Gasteiger charge is -2.27. The van der Waals surface area contributed by atoms with E-state index < -0.39 is 0 Å². The van der Waals surface area contributed by atoms with Crippen molar-refractivity contribution in [2.45, 2.75) is 27.7 Å². The first-order valence-corrected chi connectivity index (χ1v) is 13.3. The summed E-state index contributed by atoms with van der Waals surface area (Å²) >= 11 is 0. The lowest BCUT2D eigenvalue weighted by molar-refractivity contribution is 1.15. The van der Waals surface area contributed by atoms with Gasteiger partial charge in [0.05, 0.1) is 0 Å². The maximum absolute atomic E-state index is 3.93. The lowest BCUT2D eigenvalue weighted by Crippen LogP contribution is -2.15. The highest BCUT2D eigenvalue weighted by molar-refractivity contribution is 5.78. The Morgan fingerprint density at radius 1 is 0.667 bits per heavy atom. The smallest absolute Gasteiger partial charge is 0.0459 e. The molecule has 39 heavy (non-hydrogen) atoms. The second-order valence-electron chi connectivity index (χ2n) is 8.20. The van der Waals surface area contributed by atoms with E-state index in [0.717, 1.165) is 39.6 Å². The zero-order valence-corrected chi connectivity index (χ0v) is 24.3. The predicted molar refractivity (Wildman–Crippen MR) is 178 cm³/mol. The molecule has 0 unspecified atom stereocenters. The van der Waals surface area contributed by atoms with Crippen molar-refractivity contribution in [3.8, 4) is 0 Å². The second kappa shape index (κ2) is 18.6. The summed E-state index contributed by atoms with van der Waals surface area (Å²) in [6, 6.07) is 27.4. The summed E-state index contributed by atoms with van der Waals surface area (Å²) in [6.07, 6.45) is 15.2. The van der Waals surface area contributed by atoms with Crippen LogP contribution in [0.3, 0.4) is 0 Å². The van der Waals surface area contributed by atoms with Crippen LogP contribution in [0.5, 0.6) is 0 Å². The van der Waals surface area contributed by atoms with Crippen LogP contribution >= 0.6 is 0 Å². The third-order valence-corrected chi connectivity index (χ3v) is 5.53. The molecule has 3 aromatic carbocycles. The van der Waals surface area contributed by atoms with Gasteiger partial charge in [0.15, 0.2) is 0 Å². The van der Waals surface area contributed by atoms with Crippen LogP contribution < -0.4 is 9.80 Å². The summed E-state index contributed by atoms with van der Waals surface area (Å²) in [5.41, 5.74) is 7.70. The fourth-order valence-corrected chi connectivity index (χ4v) is 3.76. The molecule has 2 heteroatoms. The van der Waals surface area contributed by atoms with E-state index in [2.05, 4.69) is 129 Å². The van der Waals surface area contributed by atoms with Crippen LogP contribution in [0.1, 0.15) is 33.3 Å². The molecular weight excluding hydrogens is 472 g/mol. The molecule has 0 N–H and O–H groups in total. The molecule has 202 valence electrons. The lowest BCUT2D eigenvalue weighted by atomic mass is 10.0. The third-order valence-electron chi connectivity index (χ3n) is 5.53. The Kier molecular flexibility index (Phi) is 15.5. The van der Waals surface area contributed by atoms with Gasteiger partial charge in [0.2, 0.25) is 0 Å². The number of hydrogen-bond donors (Lipinski definition) is 0. The quantitative estimate of drug-likeness (QED) is 0.195. The average molecular weight is 517 g/mol. The van der Waals surface area contributed by atoms with E-state index in [1.807, 2.05) is 51.1 Å². The van der Waals surface area contributed by atoms with Gasteiger partial charge in [-0.3, -0.25) is 0 Å². The van der Waals surface area contributed by atoms with Gasteiger partial charge in [0.25, 0.3) is 0 Å². The van der Waals surface area contributed by atoms with Crippen molar-refractivity contribution < 1.29 is 0 Å². The van der Waals surface area contributed by atoms with Crippen LogP contribution in [0.4, 0.5) is 22.7 Å². The molecule has 0 aliphatic rings. The van der Waals surface area contributed by atoms with Gasteiger partial charge < -0.3 is 9.80 Å². The minimum absolute atomic E-state index is 1.05. The molecule has 2 nitrogen and oxygen atoms in total. The Hall–Kier alpha value is -4.56. The molecule has 3 aromatic rings. The molecule has 0 saturated heterocycles. The summed E-state index contributed by atoms with van der Waals surface area (Å²) < 4.78 is 0. The summed E-state index contributed by atoms with van der Waals surface area (Å²) in [4.78, 5) is 4.43. The minimum atomic E-state index is 1.05. The van der Waals surface area contributed by atoms with Crippen LogP contribution in [0.25, 0.3) is 5.57 Å². The molecule has 0 heterocycles. The van der Waals surface area contributed by atoms with Crippen molar-refractivity contribution >= 4 is 28.3 Å². The number of hydrogen-bond acceptors (Lipinski definition) is 2. The van der Waals surface area contributed by atoms with E-state index in [9.17, 15) is 0 Å². The van der Waals surface area contributed by atoms with Crippen molar-refractivity contribution in [3.63, 3.8) is 0 Å². The van der Waals surface area contributed by atoms with Gasteiger partial charge in [-0.25, -0.2) is 0 Å². The highest BCUT2D eigenvalue weighted by Gasteiger charge is 2.12.